The van der Waals surface area contributed by atoms with Crippen molar-refractivity contribution in [1.82, 2.24) is 0 Å². The van der Waals surface area contributed by atoms with E-state index in [-0.39, 0.29) is 26.4 Å². The first-order valence-corrected chi connectivity index (χ1v) is 20.6. The zero-order valence-electron chi connectivity index (χ0n) is 32.9. The molecule has 0 radical (unpaired) electrons. The van der Waals surface area contributed by atoms with Gasteiger partial charge in [0.25, 0.3) is 0 Å². The highest BCUT2D eigenvalue weighted by Crippen LogP contribution is 2.26. The number of aliphatic hydroxyl groups is 7. The van der Waals surface area contributed by atoms with Crippen molar-refractivity contribution in [3.05, 3.63) is 0 Å². The van der Waals surface area contributed by atoms with E-state index in [1.165, 1.54) is 96.3 Å². The zero-order chi connectivity index (χ0) is 38.4. The van der Waals surface area contributed by atoms with E-state index in [4.69, 9.17) is 23.7 Å². The summed E-state index contributed by atoms with van der Waals surface area (Å²) in [6.07, 6.45) is 8.08. The summed E-state index contributed by atoms with van der Waals surface area (Å²) in [4.78, 5) is 0. The van der Waals surface area contributed by atoms with Gasteiger partial charge < -0.3 is 63.9 Å². The second-order valence-corrected chi connectivity index (χ2v) is 15.9. The molecule has 2 fully saturated rings. The second-order valence-electron chi connectivity index (χ2n) is 15.9. The topological polar surface area (TPSA) is 188 Å². The minimum atomic E-state index is -1.62. The van der Waals surface area contributed by atoms with Crippen LogP contribution in [-0.2, 0) is 23.7 Å². The Balaban J connectivity index is 1.61. The van der Waals surface area contributed by atoms with Gasteiger partial charge in [0.2, 0.25) is 0 Å². The number of rotatable bonds is 30. The third-order valence-electron chi connectivity index (χ3n) is 10.5. The summed E-state index contributed by atoms with van der Waals surface area (Å²) in [5.41, 5.74) is 0. The van der Waals surface area contributed by atoms with Crippen molar-refractivity contribution >= 4 is 0 Å². The monoisotopic (exact) mass is 753 g/mol. The number of likely N-dealkylation sites (N-methyl/N-ethyl adjacent to an activating group) is 1. The Hall–Kier alpha value is -0.520. The molecule has 2 heterocycles. The maximum absolute atomic E-state index is 10.7. The lowest BCUT2D eigenvalue weighted by atomic mass is 9.98. The van der Waals surface area contributed by atoms with Gasteiger partial charge in [-0.2, -0.15) is 0 Å². The van der Waals surface area contributed by atoms with Gasteiger partial charge in [0.15, 0.2) is 12.6 Å². The lowest BCUT2D eigenvalue weighted by molar-refractivity contribution is -0.893. The molecule has 1 unspecified atom stereocenters. The van der Waals surface area contributed by atoms with Gasteiger partial charge in [-0.15, -0.1) is 0 Å². The number of hydrogen-bond donors (Lipinski definition) is 7. The van der Waals surface area contributed by atoms with Crippen LogP contribution in [0.4, 0.5) is 0 Å². The van der Waals surface area contributed by atoms with Crippen molar-refractivity contribution in [2.75, 3.05) is 53.6 Å². The van der Waals surface area contributed by atoms with Gasteiger partial charge in [-0.1, -0.05) is 110 Å². The Morgan fingerprint density at radius 2 is 0.942 bits per heavy atom. The van der Waals surface area contributed by atoms with Crippen LogP contribution in [0.15, 0.2) is 0 Å². The van der Waals surface area contributed by atoms with Crippen molar-refractivity contribution in [2.45, 2.75) is 197 Å². The molecule has 0 aliphatic carbocycles. The smallest absolute Gasteiger partial charge is 0.186 e. The summed E-state index contributed by atoms with van der Waals surface area (Å²) >= 11 is 0. The number of unbranched alkanes of at least 4 members (excludes halogenated alkanes) is 16. The van der Waals surface area contributed by atoms with Gasteiger partial charge in [0.05, 0.1) is 40.5 Å². The second kappa shape index (κ2) is 27.1. The summed E-state index contributed by atoms with van der Waals surface area (Å²) in [7, 11) is 4.18. The molecule has 0 amide bonds. The average Bonchev–Trinajstić information content (AvgIpc) is 3.11. The molecule has 0 saturated carbocycles. The Bertz CT molecular complexity index is 871. The van der Waals surface area contributed by atoms with Crippen molar-refractivity contribution < 1.29 is 63.9 Å². The van der Waals surface area contributed by atoms with Crippen LogP contribution >= 0.6 is 0 Å². The SMILES string of the molecule is CCCCCCCCCCCCCCCCCC[N+](C)(C)CC(O)COC[C@H]1O[C@H](OC[C@H]2O[C@@H](OCCCC)[C@H](O)[C@@H](O)[C@@H]2O)[C@H](O)[C@@H](O)[C@@H]1O. The van der Waals surface area contributed by atoms with Crippen LogP contribution in [-0.4, -0.2) is 161 Å². The molecule has 0 spiro atoms. The van der Waals surface area contributed by atoms with Crippen molar-refractivity contribution in [3.63, 3.8) is 0 Å². The summed E-state index contributed by atoms with van der Waals surface area (Å²) in [6, 6.07) is 0. The molecule has 0 bridgehead atoms. The molecule has 11 atom stereocenters. The molecule has 2 aliphatic rings. The van der Waals surface area contributed by atoms with Gasteiger partial charge in [-0.05, 0) is 19.3 Å². The molecular formula is C39H78NO12+. The number of aliphatic hydroxyl groups excluding tert-OH is 7. The molecule has 2 saturated heterocycles. The molecule has 13 nitrogen and oxygen atoms in total. The van der Waals surface area contributed by atoms with Crippen molar-refractivity contribution in [2.24, 2.45) is 0 Å². The molecule has 52 heavy (non-hydrogen) atoms. The number of ether oxygens (including phenoxy) is 5. The molecule has 2 aliphatic heterocycles. The van der Waals surface area contributed by atoms with Crippen LogP contribution in [0.2, 0.25) is 0 Å². The fourth-order valence-corrected chi connectivity index (χ4v) is 7.04. The van der Waals surface area contributed by atoms with Crippen LogP contribution in [0.3, 0.4) is 0 Å². The first kappa shape index (κ1) is 47.6. The Morgan fingerprint density at radius 1 is 0.519 bits per heavy atom. The number of hydrogen-bond acceptors (Lipinski definition) is 12. The van der Waals surface area contributed by atoms with Crippen LogP contribution in [0.1, 0.15) is 129 Å². The van der Waals surface area contributed by atoms with Crippen LogP contribution in [0, 0.1) is 0 Å². The summed E-state index contributed by atoms with van der Waals surface area (Å²) in [6.45, 7) is 5.42. The van der Waals surface area contributed by atoms with Crippen molar-refractivity contribution in [3.8, 4) is 0 Å². The lowest BCUT2D eigenvalue weighted by Gasteiger charge is -2.43. The maximum Gasteiger partial charge on any atom is 0.186 e. The quantitative estimate of drug-likeness (QED) is 0.0421. The molecule has 2 rings (SSSR count). The van der Waals surface area contributed by atoms with Gasteiger partial charge in [0, 0.05) is 6.61 Å². The van der Waals surface area contributed by atoms with Gasteiger partial charge >= 0.3 is 0 Å². The fraction of sp³-hybridized carbons (Fsp3) is 1.00. The van der Waals surface area contributed by atoms with Gasteiger partial charge in [0.1, 0.15) is 61.5 Å². The minimum absolute atomic E-state index is 0.000861. The van der Waals surface area contributed by atoms with Crippen molar-refractivity contribution in [1.29, 1.82) is 0 Å². The highest BCUT2D eigenvalue weighted by atomic mass is 16.7. The predicted molar refractivity (Wildman–Crippen MR) is 198 cm³/mol. The van der Waals surface area contributed by atoms with E-state index in [2.05, 4.69) is 21.0 Å². The largest absolute Gasteiger partial charge is 0.387 e. The lowest BCUT2D eigenvalue weighted by Crippen LogP contribution is -2.61. The number of quaternary nitrogens is 1. The van der Waals surface area contributed by atoms with Gasteiger partial charge in [-0.3, -0.25) is 0 Å². The summed E-state index contributed by atoms with van der Waals surface area (Å²) < 4.78 is 28.8. The zero-order valence-corrected chi connectivity index (χ0v) is 32.9. The van der Waals surface area contributed by atoms with Crippen LogP contribution in [0.25, 0.3) is 0 Å². The molecule has 0 aromatic carbocycles. The van der Waals surface area contributed by atoms with E-state index < -0.39 is 67.5 Å². The van der Waals surface area contributed by atoms with E-state index in [0.29, 0.717) is 17.4 Å². The first-order valence-electron chi connectivity index (χ1n) is 20.6. The van der Waals surface area contributed by atoms with E-state index in [1.807, 2.05) is 6.92 Å². The number of nitrogens with zero attached hydrogens (tertiary/aromatic N) is 1. The fourth-order valence-electron chi connectivity index (χ4n) is 7.04. The minimum Gasteiger partial charge on any atom is -0.387 e. The van der Waals surface area contributed by atoms with E-state index in [1.54, 1.807) is 0 Å². The Kier molecular flexibility index (Phi) is 24.9. The molecule has 0 aromatic heterocycles. The summed E-state index contributed by atoms with van der Waals surface area (Å²) in [5, 5.41) is 73.2. The molecule has 13 heteroatoms. The third kappa shape index (κ3) is 18.4. The van der Waals surface area contributed by atoms with E-state index in [0.717, 1.165) is 19.4 Å². The highest BCUT2D eigenvalue weighted by Gasteiger charge is 2.47. The van der Waals surface area contributed by atoms with Gasteiger partial charge in [-0.25, -0.2) is 0 Å². The first-order chi connectivity index (χ1) is 24.9. The highest BCUT2D eigenvalue weighted by molar-refractivity contribution is 4.91. The van der Waals surface area contributed by atoms with E-state index in [9.17, 15) is 35.7 Å². The Labute approximate surface area is 314 Å². The predicted octanol–water partition coefficient (Wildman–Crippen LogP) is 3.15. The Morgan fingerprint density at radius 3 is 1.42 bits per heavy atom. The molecule has 310 valence electrons. The molecular weight excluding hydrogens is 674 g/mol. The normalized spacial score (nSPS) is 30.5. The average molecular weight is 753 g/mol. The van der Waals surface area contributed by atoms with Crippen LogP contribution < -0.4 is 0 Å². The molecule has 0 aromatic rings. The summed E-state index contributed by atoms with van der Waals surface area (Å²) in [5.74, 6) is 0. The molecule has 7 N–H and O–H groups in total. The van der Waals surface area contributed by atoms with Crippen LogP contribution in [0.5, 0.6) is 0 Å². The standard InChI is InChI=1S/C39H78NO12/c1-5-7-9-10-11-12-13-14-15-16-17-18-19-20-21-22-23-40(3,4)25-29(41)26-48-27-30-32(42)34(44)37(47)39(51-30)50-28-31-33(43)35(45)36(46)38(52-31)49-24-8-6-2/h29-39,41-47H,5-28H2,1-4H3/q+1/t29?,30-,31-,32-,33-,34+,35+,36-,37-,38-,39+/m1/s1. The maximum atomic E-state index is 10.7. The third-order valence-corrected chi connectivity index (χ3v) is 10.5. The van der Waals surface area contributed by atoms with E-state index >= 15 is 0 Å².